The Labute approximate surface area is 113 Å². The predicted molar refractivity (Wildman–Crippen MR) is 71.8 cm³/mol. The molecule has 1 aromatic carbocycles. The largest absolute Gasteiger partial charge is 0.481 e. The number of aliphatic carboxylic acids is 1. The summed E-state index contributed by atoms with van der Waals surface area (Å²) in [5.74, 6) is -0.664. The highest BCUT2D eigenvalue weighted by Gasteiger charge is 2.28. The fourth-order valence-corrected chi connectivity index (χ4v) is 2.62. The van der Waals surface area contributed by atoms with Crippen LogP contribution in [0.15, 0.2) is 24.3 Å². The highest BCUT2D eigenvalue weighted by molar-refractivity contribution is 5.80. The summed E-state index contributed by atoms with van der Waals surface area (Å²) in [4.78, 5) is 24.4. The first-order valence-corrected chi connectivity index (χ1v) is 6.61. The smallest absolute Gasteiger partial charge is 0.303 e. The van der Waals surface area contributed by atoms with Gasteiger partial charge in [0.25, 0.3) is 0 Å². The Kier molecular flexibility index (Phi) is 4.20. The summed E-state index contributed by atoms with van der Waals surface area (Å²) < 4.78 is 0. The topological polar surface area (TPSA) is 57.6 Å². The van der Waals surface area contributed by atoms with E-state index in [0.29, 0.717) is 13.0 Å². The molecular formula is C15H19NO3. The van der Waals surface area contributed by atoms with Crippen LogP contribution in [0.3, 0.4) is 0 Å². The van der Waals surface area contributed by atoms with Crippen LogP contribution >= 0.6 is 0 Å². The van der Waals surface area contributed by atoms with E-state index in [-0.39, 0.29) is 18.2 Å². The van der Waals surface area contributed by atoms with E-state index < -0.39 is 5.97 Å². The Morgan fingerprint density at radius 3 is 2.37 bits per heavy atom. The molecule has 1 aliphatic carbocycles. The quantitative estimate of drug-likeness (QED) is 0.878. The maximum atomic E-state index is 12.3. The molecule has 0 heterocycles. The van der Waals surface area contributed by atoms with Crippen LogP contribution in [-0.2, 0) is 22.4 Å². The van der Waals surface area contributed by atoms with Gasteiger partial charge in [0.05, 0.1) is 0 Å². The fraction of sp³-hybridized carbons (Fsp3) is 0.467. The van der Waals surface area contributed by atoms with E-state index in [9.17, 15) is 9.59 Å². The Hall–Kier alpha value is -1.84. The molecule has 0 bridgehead atoms. The number of rotatable bonds is 5. The van der Waals surface area contributed by atoms with Gasteiger partial charge in [0, 0.05) is 25.9 Å². The SMILES string of the molecule is CN(CCCC(=O)O)C(=O)C1Cc2ccccc2C1. The summed E-state index contributed by atoms with van der Waals surface area (Å²) in [6.45, 7) is 0.512. The van der Waals surface area contributed by atoms with Crippen LogP contribution in [0.2, 0.25) is 0 Å². The van der Waals surface area contributed by atoms with Gasteiger partial charge in [0.15, 0.2) is 0 Å². The summed E-state index contributed by atoms with van der Waals surface area (Å²) in [6, 6.07) is 8.16. The second-order valence-electron chi connectivity index (χ2n) is 5.13. The number of amides is 1. The molecular weight excluding hydrogens is 242 g/mol. The molecule has 0 spiro atoms. The van der Waals surface area contributed by atoms with Crippen molar-refractivity contribution in [3.63, 3.8) is 0 Å². The van der Waals surface area contributed by atoms with Crippen LogP contribution in [0.1, 0.15) is 24.0 Å². The minimum Gasteiger partial charge on any atom is -0.481 e. The van der Waals surface area contributed by atoms with Crippen molar-refractivity contribution in [1.82, 2.24) is 4.90 Å². The summed E-state index contributed by atoms with van der Waals surface area (Å²) in [7, 11) is 1.76. The first-order valence-electron chi connectivity index (χ1n) is 6.61. The first kappa shape index (κ1) is 13.6. The van der Waals surface area contributed by atoms with Crippen molar-refractivity contribution in [3.05, 3.63) is 35.4 Å². The van der Waals surface area contributed by atoms with Crippen molar-refractivity contribution in [2.45, 2.75) is 25.7 Å². The van der Waals surface area contributed by atoms with Crippen LogP contribution in [-0.4, -0.2) is 35.5 Å². The highest BCUT2D eigenvalue weighted by atomic mass is 16.4. The van der Waals surface area contributed by atoms with Crippen LogP contribution in [0, 0.1) is 5.92 Å². The molecule has 102 valence electrons. The van der Waals surface area contributed by atoms with E-state index in [0.717, 1.165) is 12.8 Å². The average molecular weight is 261 g/mol. The average Bonchev–Trinajstić information content (AvgIpc) is 2.80. The van der Waals surface area contributed by atoms with Crippen LogP contribution in [0.4, 0.5) is 0 Å². The van der Waals surface area contributed by atoms with Crippen molar-refractivity contribution >= 4 is 11.9 Å². The molecule has 0 aliphatic heterocycles. The predicted octanol–water partition coefficient (Wildman–Crippen LogP) is 1.72. The Morgan fingerprint density at radius 2 is 1.84 bits per heavy atom. The van der Waals surface area contributed by atoms with Gasteiger partial charge >= 0.3 is 5.97 Å². The number of nitrogens with zero attached hydrogens (tertiary/aromatic N) is 1. The fourth-order valence-electron chi connectivity index (χ4n) is 2.62. The van der Waals surface area contributed by atoms with Gasteiger partial charge < -0.3 is 10.0 Å². The number of carboxylic acids is 1. The molecule has 0 saturated carbocycles. The van der Waals surface area contributed by atoms with E-state index in [2.05, 4.69) is 12.1 Å². The Morgan fingerprint density at radius 1 is 1.26 bits per heavy atom. The van der Waals surface area contributed by atoms with Crippen molar-refractivity contribution in [2.75, 3.05) is 13.6 Å². The maximum absolute atomic E-state index is 12.3. The van der Waals surface area contributed by atoms with E-state index in [4.69, 9.17) is 5.11 Å². The molecule has 2 rings (SSSR count). The van der Waals surface area contributed by atoms with Crippen molar-refractivity contribution < 1.29 is 14.7 Å². The Balaban J connectivity index is 1.86. The van der Waals surface area contributed by atoms with Gasteiger partial charge in [-0.3, -0.25) is 9.59 Å². The molecule has 1 aliphatic rings. The van der Waals surface area contributed by atoms with E-state index in [1.807, 2.05) is 12.1 Å². The molecule has 1 amide bonds. The third-order valence-corrected chi connectivity index (χ3v) is 3.66. The molecule has 4 heteroatoms. The van der Waals surface area contributed by atoms with Gasteiger partial charge in [-0.05, 0) is 30.4 Å². The maximum Gasteiger partial charge on any atom is 0.303 e. The lowest BCUT2D eigenvalue weighted by Gasteiger charge is -2.20. The zero-order valence-electron chi connectivity index (χ0n) is 11.1. The molecule has 0 unspecified atom stereocenters. The number of fused-ring (bicyclic) bond motifs is 1. The van der Waals surface area contributed by atoms with Crippen LogP contribution in [0.5, 0.6) is 0 Å². The van der Waals surface area contributed by atoms with Crippen LogP contribution < -0.4 is 0 Å². The third kappa shape index (κ3) is 3.34. The summed E-state index contributed by atoms with van der Waals surface area (Å²) >= 11 is 0. The summed E-state index contributed by atoms with van der Waals surface area (Å²) in [5, 5.41) is 8.59. The summed E-state index contributed by atoms with van der Waals surface area (Å²) in [5.41, 5.74) is 2.53. The van der Waals surface area contributed by atoms with Crippen LogP contribution in [0.25, 0.3) is 0 Å². The number of carbonyl (C=O) groups excluding carboxylic acids is 1. The van der Waals surface area contributed by atoms with E-state index in [1.165, 1.54) is 11.1 Å². The molecule has 19 heavy (non-hydrogen) atoms. The van der Waals surface area contributed by atoms with Gasteiger partial charge in [-0.2, -0.15) is 0 Å². The minimum atomic E-state index is -0.811. The standard InChI is InChI=1S/C15H19NO3/c1-16(8-4-7-14(17)18)15(19)13-9-11-5-2-3-6-12(11)10-13/h2-3,5-6,13H,4,7-10H2,1H3,(H,17,18). The molecule has 1 aromatic rings. The second kappa shape index (κ2) is 5.87. The summed E-state index contributed by atoms with van der Waals surface area (Å²) in [6.07, 6.45) is 2.23. The monoisotopic (exact) mass is 261 g/mol. The number of carboxylic acid groups (broad SMARTS) is 1. The molecule has 0 saturated heterocycles. The number of carbonyl (C=O) groups is 2. The number of hydrogen-bond acceptors (Lipinski definition) is 2. The van der Waals surface area contributed by atoms with Crippen molar-refractivity contribution in [1.29, 1.82) is 0 Å². The van der Waals surface area contributed by atoms with Gasteiger partial charge in [0.2, 0.25) is 5.91 Å². The Bertz CT molecular complexity index is 459. The van der Waals surface area contributed by atoms with Crippen molar-refractivity contribution in [2.24, 2.45) is 5.92 Å². The second-order valence-corrected chi connectivity index (χ2v) is 5.13. The lowest BCUT2D eigenvalue weighted by atomic mass is 10.0. The zero-order chi connectivity index (χ0) is 13.8. The molecule has 0 radical (unpaired) electrons. The van der Waals surface area contributed by atoms with Gasteiger partial charge in [0.1, 0.15) is 0 Å². The molecule has 4 nitrogen and oxygen atoms in total. The van der Waals surface area contributed by atoms with Gasteiger partial charge in [-0.15, -0.1) is 0 Å². The number of benzene rings is 1. The third-order valence-electron chi connectivity index (χ3n) is 3.66. The van der Waals surface area contributed by atoms with E-state index >= 15 is 0 Å². The van der Waals surface area contributed by atoms with Gasteiger partial charge in [-0.1, -0.05) is 24.3 Å². The molecule has 1 N–H and O–H groups in total. The lowest BCUT2D eigenvalue weighted by molar-refractivity contribution is -0.138. The van der Waals surface area contributed by atoms with E-state index in [1.54, 1.807) is 11.9 Å². The minimum absolute atomic E-state index is 0.0206. The molecule has 0 atom stereocenters. The molecule has 0 aromatic heterocycles. The first-order chi connectivity index (χ1) is 9.08. The van der Waals surface area contributed by atoms with Gasteiger partial charge in [-0.25, -0.2) is 0 Å². The highest BCUT2D eigenvalue weighted by Crippen LogP contribution is 2.27. The number of hydrogen-bond donors (Lipinski definition) is 1. The lowest BCUT2D eigenvalue weighted by Crippen LogP contribution is -2.34. The zero-order valence-corrected chi connectivity index (χ0v) is 11.1. The molecule has 0 fully saturated rings. The van der Waals surface area contributed by atoms with Crippen molar-refractivity contribution in [3.8, 4) is 0 Å². The normalized spacial score (nSPS) is 14.2.